The van der Waals surface area contributed by atoms with E-state index in [9.17, 15) is 20.0 Å². The Morgan fingerprint density at radius 2 is 1.76 bits per heavy atom. The van der Waals surface area contributed by atoms with E-state index in [-0.39, 0.29) is 5.69 Å². The number of carbonyl (C=O) groups is 1. The lowest BCUT2D eigenvalue weighted by atomic mass is 9.93. The topological polar surface area (TPSA) is 89.7 Å². The molecule has 0 aromatic heterocycles. The van der Waals surface area contributed by atoms with E-state index >= 15 is 0 Å². The number of ether oxygens (including phenoxy) is 1. The summed E-state index contributed by atoms with van der Waals surface area (Å²) in [6, 6.07) is 12.3. The molecule has 1 aliphatic rings. The third-order valence-corrected chi connectivity index (χ3v) is 3.39. The van der Waals surface area contributed by atoms with Crippen molar-refractivity contribution in [1.29, 1.82) is 0 Å². The zero-order chi connectivity index (χ0) is 15.0. The van der Waals surface area contributed by atoms with Crippen LogP contribution in [0.3, 0.4) is 0 Å². The molecule has 3 rings (SSSR count). The van der Waals surface area contributed by atoms with Crippen LogP contribution >= 0.6 is 0 Å². The van der Waals surface area contributed by atoms with Crippen LogP contribution in [0.4, 0.5) is 5.69 Å². The Labute approximate surface area is 119 Å². The standard InChI is InChI=1S/C15H11NO5/c17-13-11-3-1-2-4-12(11)21-15(14(13)18)9-5-7-10(8-6-9)16(19)20/h1-8,14-15,18H/t14-,15+/m0/s1. The van der Waals surface area contributed by atoms with Crippen molar-refractivity contribution >= 4 is 11.5 Å². The lowest BCUT2D eigenvalue weighted by Gasteiger charge is -2.29. The van der Waals surface area contributed by atoms with Crippen LogP contribution in [0.5, 0.6) is 5.75 Å². The molecule has 0 saturated carbocycles. The number of aliphatic hydroxyl groups excluding tert-OH is 1. The van der Waals surface area contributed by atoms with Gasteiger partial charge in [-0.2, -0.15) is 0 Å². The fourth-order valence-electron chi connectivity index (χ4n) is 2.31. The van der Waals surface area contributed by atoms with Gasteiger partial charge in [-0.25, -0.2) is 0 Å². The van der Waals surface area contributed by atoms with Crippen molar-refractivity contribution in [2.45, 2.75) is 12.2 Å². The second-order valence-electron chi connectivity index (χ2n) is 4.69. The molecule has 0 saturated heterocycles. The van der Waals surface area contributed by atoms with Crippen molar-refractivity contribution < 1.29 is 19.6 Å². The summed E-state index contributed by atoms with van der Waals surface area (Å²) in [5.41, 5.74) is 0.787. The minimum absolute atomic E-state index is 0.0595. The number of para-hydroxylation sites is 1. The van der Waals surface area contributed by atoms with Crippen LogP contribution in [-0.2, 0) is 0 Å². The first-order chi connectivity index (χ1) is 10.1. The summed E-state index contributed by atoms with van der Waals surface area (Å²) in [6.45, 7) is 0. The molecule has 21 heavy (non-hydrogen) atoms. The fraction of sp³-hybridized carbons (Fsp3) is 0.133. The summed E-state index contributed by atoms with van der Waals surface area (Å²) >= 11 is 0. The third kappa shape index (κ3) is 2.25. The zero-order valence-corrected chi connectivity index (χ0v) is 10.8. The summed E-state index contributed by atoms with van der Waals surface area (Å²) < 4.78 is 5.66. The van der Waals surface area contributed by atoms with Gasteiger partial charge in [-0.15, -0.1) is 0 Å². The highest BCUT2D eigenvalue weighted by Crippen LogP contribution is 2.35. The van der Waals surface area contributed by atoms with E-state index < -0.39 is 22.9 Å². The van der Waals surface area contributed by atoms with E-state index in [1.54, 1.807) is 24.3 Å². The predicted octanol–water partition coefficient (Wildman–Crippen LogP) is 2.27. The second-order valence-corrected chi connectivity index (χ2v) is 4.69. The summed E-state index contributed by atoms with van der Waals surface area (Å²) in [4.78, 5) is 22.3. The molecule has 1 heterocycles. The molecule has 1 aliphatic heterocycles. The Balaban J connectivity index is 1.96. The minimum Gasteiger partial charge on any atom is -0.482 e. The van der Waals surface area contributed by atoms with Crippen LogP contribution in [0, 0.1) is 10.1 Å². The Morgan fingerprint density at radius 1 is 1.10 bits per heavy atom. The number of benzene rings is 2. The van der Waals surface area contributed by atoms with Gasteiger partial charge < -0.3 is 9.84 Å². The van der Waals surface area contributed by atoms with Crippen LogP contribution in [0.1, 0.15) is 22.0 Å². The number of carbonyl (C=O) groups excluding carboxylic acids is 1. The van der Waals surface area contributed by atoms with Crippen molar-refractivity contribution in [2.75, 3.05) is 0 Å². The molecule has 6 heteroatoms. The molecular formula is C15H11NO5. The first-order valence-electron chi connectivity index (χ1n) is 6.30. The number of nitro benzene ring substituents is 1. The molecule has 0 amide bonds. The average Bonchev–Trinajstić information content (AvgIpc) is 2.51. The number of fused-ring (bicyclic) bond motifs is 1. The molecule has 2 aromatic rings. The Kier molecular flexibility index (Phi) is 3.15. The number of rotatable bonds is 2. The molecule has 2 aromatic carbocycles. The van der Waals surface area contributed by atoms with Crippen molar-refractivity contribution in [3.8, 4) is 5.75 Å². The molecule has 0 radical (unpaired) electrons. The summed E-state index contributed by atoms with van der Waals surface area (Å²) in [5, 5.41) is 20.7. The number of nitro groups is 1. The highest BCUT2D eigenvalue weighted by molar-refractivity contribution is 6.03. The molecule has 1 N–H and O–H groups in total. The van der Waals surface area contributed by atoms with Crippen LogP contribution in [-0.4, -0.2) is 21.9 Å². The zero-order valence-electron chi connectivity index (χ0n) is 10.8. The molecule has 2 atom stereocenters. The van der Waals surface area contributed by atoms with E-state index in [1.807, 2.05) is 0 Å². The van der Waals surface area contributed by atoms with E-state index in [2.05, 4.69) is 0 Å². The molecule has 106 valence electrons. The monoisotopic (exact) mass is 285 g/mol. The largest absolute Gasteiger partial charge is 0.482 e. The molecule has 6 nitrogen and oxygen atoms in total. The maximum absolute atomic E-state index is 12.1. The van der Waals surface area contributed by atoms with Gasteiger partial charge in [-0.3, -0.25) is 14.9 Å². The number of hydrogen-bond donors (Lipinski definition) is 1. The maximum atomic E-state index is 12.1. The van der Waals surface area contributed by atoms with Crippen molar-refractivity contribution in [3.05, 3.63) is 69.8 Å². The van der Waals surface area contributed by atoms with Gasteiger partial charge in [0.1, 0.15) is 5.75 Å². The number of ketones is 1. The fourth-order valence-corrected chi connectivity index (χ4v) is 2.31. The highest BCUT2D eigenvalue weighted by Gasteiger charge is 2.36. The normalized spacial score (nSPS) is 20.5. The number of aliphatic hydroxyl groups is 1. The summed E-state index contributed by atoms with van der Waals surface area (Å²) in [6.07, 6.45) is -2.20. The van der Waals surface area contributed by atoms with Crippen LogP contribution < -0.4 is 4.74 Å². The first-order valence-corrected chi connectivity index (χ1v) is 6.30. The number of nitrogens with zero attached hydrogens (tertiary/aromatic N) is 1. The first kappa shape index (κ1) is 13.3. The Morgan fingerprint density at radius 3 is 2.43 bits per heavy atom. The Hall–Kier alpha value is -2.73. The van der Waals surface area contributed by atoms with Crippen molar-refractivity contribution in [3.63, 3.8) is 0 Å². The van der Waals surface area contributed by atoms with E-state index in [4.69, 9.17) is 4.74 Å². The van der Waals surface area contributed by atoms with Crippen LogP contribution in [0.15, 0.2) is 48.5 Å². The van der Waals surface area contributed by atoms with E-state index in [1.165, 1.54) is 24.3 Å². The highest BCUT2D eigenvalue weighted by atomic mass is 16.6. The van der Waals surface area contributed by atoms with E-state index in [0.29, 0.717) is 16.9 Å². The quantitative estimate of drug-likeness (QED) is 0.675. The van der Waals surface area contributed by atoms with Gasteiger partial charge in [-0.05, 0) is 29.8 Å². The van der Waals surface area contributed by atoms with Gasteiger partial charge >= 0.3 is 0 Å². The van der Waals surface area contributed by atoms with E-state index in [0.717, 1.165) is 0 Å². The van der Waals surface area contributed by atoms with Gasteiger partial charge in [0.25, 0.3) is 5.69 Å². The summed E-state index contributed by atoms with van der Waals surface area (Å²) in [7, 11) is 0. The van der Waals surface area contributed by atoms with Gasteiger partial charge in [0.15, 0.2) is 18.0 Å². The molecule has 0 fully saturated rings. The molecule has 0 aliphatic carbocycles. The SMILES string of the molecule is O=C1c2ccccc2O[C@H](c2ccc([N+](=O)[O-])cc2)[C@H]1O. The lowest BCUT2D eigenvalue weighted by Crippen LogP contribution is -2.36. The number of non-ortho nitro benzene ring substituents is 1. The predicted molar refractivity (Wildman–Crippen MR) is 73.2 cm³/mol. The minimum atomic E-state index is -1.33. The Bertz CT molecular complexity index is 710. The molecule has 0 bridgehead atoms. The van der Waals surface area contributed by atoms with Crippen LogP contribution in [0.2, 0.25) is 0 Å². The smallest absolute Gasteiger partial charge is 0.269 e. The number of hydrogen-bond acceptors (Lipinski definition) is 5. The lowest BCUT2D eigenvalue weighted by molar-refractivity contribution is -0.384. The number of Topliss-reactive ketones (excluding diaryl/α,β-unsaturated/α-hetero) is 1. The van der Waals surface area contributed by atoms with Gasteiger partial charge in [0.2, 0.25) is 0 Å². The van der Waals surface area contributed by atoms with Crippen LogP contribution in [0.25, 0.3) is 0 Å². The average molecular weight is 285 g/mol. The van der Waals surface area contributed by atoms with Crippen molar-refractivity contribution in [1.82, 2.24) is 0 Å². The molecule has 0 spiro atoms. The van der Waals surface area contributed by atoms with Gasteiger partial charge in [-0.1, -0.05) is 12.1 Å². The molecular weight excluding hydrogens is 274 g/mol. The van der Waals surface area contributed by atoms with Gasteiger partial charge in [0, 0.05) is 12.1 Å². The van der Waals surface area contributed by atoms with Crippen molar-refractivity contribution in [2.24, 2.45) is 0 Å². The third-order valence-electron chi connectivity index (χ3n) is 3.39. The maximum Gasteiger partial charge on any atom is 0.269 e. The van der Waals surface area contributed by atoms with Gasteiger partial charge in [0.05, 0.1) is 10.5 Å². The molecule has 0 unspecified atom stereocenters. The second kappa shape index (κ2) is 4.99. The summed E-state index contributed by atoms with van der Waals surface area (Å²) in [5.74, 6) is -0.0173.